The number of carbonyl (C=O) groups excluding carboxylic acids is 2. The van der Waals surface area contributed by atoms with Crippen LogP contribution in [0.4, 0.5) is 14.5 Å². The van der Waals surface area contributed by atoms with Crippen molar-refractivity contribution in [2.75, 3.05) is 4.90 Å². The Morgan fingerprint density at radius 3 is 2.29 bits per heavy atom. The molecule has 1 aromatic heterocycles. The first kappa shape index (κ1) is 23.3. The first-order valence-corrected chi connectivity index (χ1v) is 10.8. The van der Waals surface area contributed by atoms with Crippen LogP contribution in [0.1, 0.15) is 49.1 Å². The number of aliphatic hydroxyl groups is 1. The summed E-state index contributed by atoms with van der Waals surface area (Å²) in [5.41, 5.74) is 1.83. The molecule has 2 heterocycles. The molecule has 5 nitrogen and oxygen atoms in total. The van der Waals surface area contributed by atoms with Gasteiger partial charge in [-0.05, 0) is 59.4 Å². The predicted molar refractivity (Wildman–Crippen MR) is 125 cm³/mol. The highest BCUT2D eigenvalue weighted by molar-refractivity contribution is 6.51. The van der Waals surface area contributed by atoms with Crippen molar-refractivity contribution < 1.29 is 23.5 Å². The van der Waals surface area contributed by atoms with Gasteiger partial charge in [-0.1, -0.05) is 32.9 Å². The molecule has 0 saturated carbocycles. The quantitative estimate of drug-likeness (QED) is 0.313. The standard InChI is InChI=1S/C27H24F2N2O3/c1-15-5-6-17(27(2,3)4)13-19(15)24(32)22-23(16-9-11-30-12-10-16)31(26(34)25(22)33)21-8-7-18(28)14-20(21)29/h5-14,23,32H,1-4H3/b24-22+. The lowest BCUT2D eigenvalue weighted by Crippen LogP contribution is -2.30. The van der Waals surface area contributed by atoms with Crippen molar-refractivity contribution in [3.63, 3.8) is 0 Å². The summed E-state index contributed by atoms with van der Waals surface area (Å²) in [6, 6.07) is 10.4. The maximum absolute atomic E-state index is 14.8. The third kappa shape index (κ3) is 3.98. The number of amides is 1. The van der Waals surface area contributed by atoms with Crippen LogP contribution < -0.4 is 4.90 Å². The van der Waals surface area contributed by atoms with Crippen LogP contribution in [0, 0.1) is 18.6 Å². The Balaban J connectivity index is 1.99. The van der Waals surface area contributed by atoms with E-state index in [1.807, 2.05) is 32.9 Å². The second-order valence-electron chi connectivity index (χ2n) is 9.33. The summed E-state index contributed by atoms with van der Waals surface area (Å²) in [7, 11) is 0. The molecule has 1 aliphatic heterocycles. The molecule has 7 heteroatoms. The number of carbonyl (C=O) groups is 2. The molecule has 4 rings (SSSR count). The van der Waals surface area contributed by atoms with Gasteiger partial charge in [-0.15, -0.1) is 0 Å². The molecule has 3 aromatic rings. The molecule has 34 heavy (non-hydrogen) atoms. The van der Waals surface area contributed by atoms with E-state index in [-0.39, 0.29) is 22.4 Å². The number of pyridine rings is 1. The largest absolute Gasteiger partial charge is 0.507 e. The van der Waals surface area contributed by atoms with E-state index in [9.17, 15) is 23.5 Å². The Labute approximate surface area is 196 Å². The number of halogens is 2. The number of ketones is 1. The summed E-state index contributed by atoms with van der Waals surface area (Å²) in [5.74, 6) is -4.13. The number of hydrogen-bond donors (Lipinski definition) is 1. The van der Waals surface area contributed by atoms with Crippen LogP contribution in [0.15, 0.2) is 66.5 Å². The van der Waals surface area contributed by atoms with Crippen LogP contribution in [-0.4, -0.2) is 21.8 Å². The van der Waals surface area contributed by atoms with Crippen molar-refractivity contribution in [3.05, 3.63) is 100 Å². The van der Waals surface area contributed by atoms with E-state index in [1.165, 1.54) is 12.4 Å². The van der Waals surface area contributed by atoms with E-state index >= 15 is 0 Å². The Morgan fingerprint density at radius 1 is 1.00 bits per heavy atom. The zero-order chi connectivity index (χ0) is 24.8. The van der Waals surface area contributed by atoms with E-state index in [0.717, 1.165) is 22.6 Å². The molecular formula is C27H24F2N2O3. The van der Waals surface area contributed by atoms with Crippen molar-refractivity contribution in [3.8, 4) is 0 Å². The molecule has 1 saturated heterocycles. The lowest BCUT2D eigenvalue weighted by Gasteiger charge is -2.26. The maximum atomic E-state index is 14.8. The molecule has 174 valence electrons. The Kier molecular flexibility index (Phi) is 5.81. The first-order chi connectivity index (χ1) is 16.0. The Hall–Kier alpha value is -3.87. The van der Waals surface area contributed by atoms with Crippen molar-refractivity contribution in [1.29, 1.82) is 0 Å². The van der Waals surface area contributed by atoms with E-state index in [1.54, 1.807) is 25.1 Å². The second-order valence-corrected chi connectivity index (χ2v) is 9.33. The average Bonchev–Trinajstić information content (AvgIpc) is 3.04. The molecule has 1 amide bonds. The van der Waals surface area contributed by atoms with Gasteiger partial charge in [-0.25, -0.2) is 8.78 Å². The van der Waals surface area contributed by atoms with Crippen molar-refractivity contribution in [2.24, 2.45) is 0 Å². The summed E-state index contributed by atoms with van der Waals surface area (Å²) in [6.07, 6.45) is 2.95. The van der Waals surface area contributed by atoms with Gasteiger partial charge in [0, 0.05) is 24.0 Å². The maximum Gasteiger partial charge on any atom is 0.300 e. The van der Waals surface area contributed by atoms with Gasteiger partial charge < -0.3 is 5.11 Å². The molecule has 2 aromatic carbocycles. The number of Topliss-reactive ketones (excluding diaryl/α,β-unsaturated/α-hetero) is 1. The molecular weight excluding hydrogens is 438 g/mol. The van der Waals surface area contributed by atoms with Crippen LogP contribution in [0.2, 0.25) is 0 Å². The van der Waals surface area contributed by atoms with Gasteiger partial charge in [-0.3, -0.25) is 19.5 Å². The van der Waals surface area contributed by atoms with Gasteiger partial charge in [0.15, 0.2) is 0 Å². The summed E-state index contributed by atoms with van der Waals surface area (Å²) >= 11 is 0. The molecule has 1 aliphatic rings. The fourth-order valence-electron chi connectivity index (χ4n) is 4.11. The van der Waals surface area contributed by atoms with Crippen LogP contribution in [-0.2, 0) is 15.0 Å². The Morgan fingerprint density at radius 2 is 1.68 bits per heavy atom. The predicted octanol–water partition coefficient (Wildman–Crippen LogP) is 5.59. The van der Waals surface area contributed by atoms with Crippen LogP contribution in [0.25, 0.3) is 5.76 Å². The number of hydrogen-bond acceptors (Lipinski definition) is 4. The zero-order valence-corrected chi connectivity index (χ0v) is 19.3. The number of nitrogens with zero attached hydrogens (tertiary/aromatic N) is 2. The first-order valence-electron chi connectivity index (χ1n) is 10.8. The molecule has 1 fully saturated rings. The van der Waals surface area contributed by atoms with Gasteiger partial charge in [0.05, 0.1) is 17.3 Å². The van der Waals surface area contributed by atoms with Gasteiger partial charge in [0.1, 0.15) is 17.4 Å². The number of aryl methyl sites for hydroxylation is 1. The summed E-state index contributed by atoms with van der Waals surface area (Å²) in [5, 5.41) is 11.4. The highest BCUT2D eigenvalue weighted by Gasteiger charge is 2.48. The molecule has 0 bridgehead atoms. The van der Waals surface area contributed by atoms with Gasteiger partial charge in [0.2, 0.25) is 0 Å². The summed E-state index contributed by atoms with van der Waals surface area (Å²) < 4.78 is 28.3. The topological polar surface area (TPSA) is 70.5 Å². The lowest BCUT2D eigenvalue weighted by molar-refractivity contribution is -0.132. The van der Waals surface area contributed by atoms with E-state index in [4.69, 9.17) is 0 Å². The lowest BCUT2D eigenvalue weighted by atomic mass is 9.84. The minimum absolute atomic E-state index is 0.172. The average molecular weight is 462 g/mol. The molecule has 1 N–H and O–H groups in total. The van der Waals surface area contributed by atoms with Crippen molar-refractivity contribution in [1.82, 2.24) is 4.98 Å². The smallest absolute Gasteiger partial charge is 0.300 e. The minimum atomic E-state index is -1.12. The fraction of sp³-hybridized carbons (Fsp3) is 0.222. The highest BCUT2D eigenvalue weighted by atomic mass is 19.1. The van der Waals surface area contributed by atoms with Crippen LogP contribution >= 0.6 is 0 Å². The van der Waals surface area contributed by atoms with Gasteiger partial charge in [-0.2, -0.15) is 0 Å². The number of benzene rings is 2. The third-order valence-corrected chi connectivity index (χ3v) is 5.99. The van der Waals surface area contributed by atoms with Crippen LogP contribution in [0.3, 0.4) is 0 Å². The van der Waals surface area contributed by atoms with Crippen LogP contribution in [0.5, 0.6) is 0 Å². The molecule has 0 spiro atoms. The minimum Gasteiger partial charge on any atom is -0.507 e. The zero-order valence-electron chi connectivity index (χ0n) is 19.3. The number of aliphatic hydroxyl groups excluding tert-OH is 1. The van der Waals surface area contributed by atoms with Gasteiger partial charge in [0.25, 0.3) is 11.7 Å². The molecule has 0 aliphatic carbocycles. The van der Waals surface area contributed by atoms with Crippen molar-refractivity contribution >= 4 is 23.1 Å². The Bertz CT molecular complexity index is 1330. The summed E-state index contributed by atoms with van der Waals surface area (Å²) in [6.45, 7) is 7.86. The number of anilines is 1. The monoisotopic (exact) mass is 462 g/mol. The van der Waals surface area contributed by atoms with E-state index in [0.29, 0.717) is 22.8 Å². The molecule has 1 atom stereocenters. The molecule has 1 unspecified atom stereocenters. The second kappa shape index (κ2) is 8.48. The SMILES string of the molecule is Cc1ccc(C(C)(C)C)cc1/C(O)=C1\C(=O)C(=O)N(c2ccc(F)cc2F)C1c1ccncc1. The number of aromatic nitrogens is 1. The normalized spacial score (nSPS) is 17.9. The van der Waals surface area contributed by atoms with Crippen molar-refractivity contribution in [2.45, 2.75) is 39.2 Å². The number of rotatable bonds is 3. The fourth-order valence-corrected chi connectivity index (χ4v) is 4.11. The summed E-state index contributed by atoms with van der Waals surface area (Å²) in [4.78, 5) is 31.3. The van der Waals surface area contributed by atoms with E-state index in [2.05, 4.69) is 4.98 Å². The third-order valence-electron chi connectivity index (χ3n) is 5.99. The van der Waals surface area contributed by atoms with E-state index < -0.39 is 29.4 Å². The van der Waals surface area contributed by atoms with Gasteiger partial charge >= 0.3 is 0 Å². The molecule has 0 radical (unpaired) electrons. The highest BCUT2D eigenvalue weighted by Crippen LogP contribution is 2.43.